The van der Waals surface area contributed by atoms with Crippen molar-refractivity contribution in [1.82, 2.24) is 0 Å². The maximum atomic E-state index is 12.3. The second-order valence-corrected chi connectivity index (χ2v) is 13.6. The van der Waals surface area contributed by atoms with Crippen molar-refractivity contribution in [3.63, 3.8) is 0 Å². The van der Waals surface area contributed by atoms with Gasteiger partial charge in [-0.25, -0.2) is 0 Å². The highest BCUT2D eigenvalue weighted by molar-refractivity contribution is 5.20. The summed E-state index contributed by atoms with van der Waals surface area (Å²) in [6.45, 7) is 9.59. The molecule has 13 atom stereocenters. The van der Waals surface area contributed by atoms with Crippen molar-refractivity contribution >= 4 is 0 Å². The van der Waals surface area contributed by atoms with Crippen LogP contribution < -0.4 is 0 Å². The molecule has 0 radical (unpaired) electrons. The van der Waals surface area contributed by atoms with Crippen molar-refractivity contribution in [3.05, 3.63) is 0 Å². The van der Waals surface area contributed by atoms with Crippen LogP contribution in [0.5, 0.6) is 0 Å². The van der Waals surface area contributed by atoms with Crippen molar-refractivity contribution in [1.29, 1.82) is 0 Å². The molecule has 7 heteroatoms. The van der Waals surface area contributed by atoms with E-state index in [0.717, 1.165) is 19.3 Å². The molecular weight excluding hydrogens is 436 g/mol. The van der Waals surface area contributed by atoms with Gasteiger partial charge in [0.15, 0.2) is 0 Å². The fourth-order valence-corrected chi connectivity index (χ4v) is 9.49. The zero-order valence-electron chi connectivity index (χ0n) is 21.6. The lowest BCUT2D eigenvalue weighted by Crippen LogP contribution is -2.70. The van der Waals surface area contributed by atoms with Crippen molar-refractivity contribution < 1.29 is 35.7 Å². The van der Waals surface area contributed by atoms with Crippen LogP contribution in [0.15, 0.2) is 0 Å². The highest BCUT2D eigenvalue weighted by Gasteiger charge is 2.71. The summed E-state index contributed by atoms with van der Waals surface area (Å²) in [6.07, 6.45) is 0.270. The van der Waals surface area contributed by atoms with Gasteiger partial charge < -0.3 is 35.7 Å². The lowest BCUT2D eigenvalue weighted by Gasteiger charge is -2.66. The first-order valence-corrected chi connectivity index (χ1v) is 13.4. The second kappa shape index (κ2) is 8.64. The first-order chi connectivity index (χ1) is 15.6. The molecule has 0 spiro atoms. The SMILES string of the molecule is C[C@H](CC[C@@H](O)C(C)(C)O)[C@H]1C[C@@H](O)[C@@H]2[C@]1(C)CC[C@@H]1[C@@]3(C)CC[C@H](O)[C@H](O)[C@@H]3[C@H](O)C[C@]12O. The summed E-state index contributed by atoms with van der Waals surface area (Å²) in [5.41, 5.74) is -3.21. The lowest BCUT2D eigenvalue weighted by molar-refractivity contribution is -0.280. The van der Waals surface area contributed by atoms with Crippen LogP contribution in [-0.4, -0.2) is 77.5 Å². The summed E-state index contributed by atoms with van der Waals surface area (Å²) < 4.78 is 0. The van der Waals surface area contributed by atoms with Crippen LogP contribution in [0.3, 0.4) is 0 Å². The summed E-state index contributed by atoms with van der Waals surface area (Å²) >= 11 is 0. The van der Waals surface area contributed by atoms with Crippen molar-refractivity contribution in [2.45, 2.75) is 128 Å². The van der Waals surface area contributed by atoms with E-state index in [1.54, 1.807) is 13.8 Å². The third kappa shape index (κ3) is 3.89. The lowest BCUT2D eigenvalue weighted by atomic mass is 9.41. The molecule has 4 saturated carbocycles. The van der Waals surface area contributed by atoms with Gasteiger partial charge in [-0.05, 0) is 87.4 Å². The minimum Gasteiger partial charge on any atom is -0.393 e. The van der Waals surface area contributed by atoms with E-state index in [-0.39, 0.29) is 35.5 Å². The Kier molecular flexibility index (Phi) is 6.81. The first-order valence-electron chi connectivity index (χ1n) is 13.4. The van der Waals surface area contributed by atoms with Gasteiger partial charge in [0.1, 0.15) is 0 Å². The predicted molar refractivity (Wildman–Crippen MR) is 128 cm³/mol. The van der Waals surface area contributed by atoms with Gasteiger partial charge in [-0.3, -0.25) is 0 Å². The molecule has 34 heavy (non-hydrogen) atoms. The second-order valence-electron chi connectivity index (χ2n) is 13.6. The van der Waals surface area contributed by atoms with E-state index in [2.05, 4.69) is 13.8 Å². The quantitative estimate of drug-likeness (QED) is 0.314. The largest absolute Gasteiger partial charge is 0.393 e. The van der Waals surface area contributed by atoms with E-state index in [4.69, 9.17) is 0 Å². The molecule has 0 bridgehead atoms. The Hall–Kier alpha value is -0.280. The Bertz CT molecular complexity index is 754. The Morgan fingerprint density at radius 3 is 2.15 bits per heavy atom. The summed E-state index contributed by atoms with van der Waals surface area (Å²) in [5, 5.41) is 76.3. The smallest absolute Gasteiger partial charge is 0.0857 e. The Balaban J connectivity index is 1.60. The topological polar surface area (TPSA) is 142 Å². The van der Waals surface area contributed by atoms with Gasteiger partial charge in [-0.2, -0.15) is 0 Å². The van der Waals surface area contributed by atoms with Gasteiger partial charge >= 0.3 is 0 Å². The van der Waals surface area contributed by atoms with Crippen molar-refractivity contribution in [3.8, 4) is 0 Å². The Morgan fingerprint density at radius 2 is 1.53 bits per heavy atom. The van der Waals surface area contributed by atoms with Crippen LogP contribution >= 0.6 is 0 Å². The normalized spacial score (nSPS) is 52.9. The Labute approximate surface area is 204 Å². The number of rotatable bonds is 5. The molecule has 4 fully saturated rings. The molecule has 0 heterocycles. The third-order valence-electron chi connectivity index (χ3n) is 11.2. The van der Waals surface area contributed by atoms with Gasteiger partial charge in [-0.15, -0.1) is 0 Å². The highest BCUT2D eigenvalue weighted by Crippen LogP contribution is 2.69. The molecule has 0 aliphatic heterocycles. The maximum Gasteiger partial charge on any atom is 0.0857 e. The molecule has 4 aliphatic carbocycles. The summed E-state index contributed by atoms with van der Waals surface area (Å²) in [7, 11) is 0. The van der Waals surface area contributed by atoms with Crippen LogP contribution in [0, 0.1) is 40.4 Å². The minimum absolute atomic E-state index is 0.109. The zero-order valence-corrected chi connectivity index (χ0v) is 21.6. The summed E-state index contributed by atoms with van der Waals surface area (Å²) in [6, 6.07) is 0. The van der Waals surface area contributed by atoms with Crippen molar-refractivity contribution in [2.75, 3.05) is 0 Å². The molecule has 198 valence electrons. The zero-order chi connectivity index (χ0) is 25.4. The molecule has 0 saturated heterocycles. The van der Waals surface area contributed by atoms with Gasteiger partial charge in [0.2, 0.25) is 0 Å². The number of fused-ring (bicyclic) bond motifs is 5. The molecule has 0 unspecified atom stereocenters. The van der Waals surface area contributed by atoms with E-state index in [1.807, 2.05) is 6.92 Å². The number of aliphatic hydroxyl groups is 7. The van der Waals surface area contributed by atoms with E-state index >= 15 is 0 Å². The van der Waals surface area contributed by atoms with E-state index in [0.29, 0.717) is 25.7 Å². The number of hydrogen-bond donors (Lipinski definition) is 7. The molecule has 4 aliphatic rings. The molecule has 0 amide bonds. The van der Waals surface area contributed by atoms with E-state index in [1.165, 1.54) is 0 Å². The van der Waals surface area contributed by atoms with Crippen LogP contribution in [-0.2, 0) is 0 Å². The standard InChI is InChI=1S/C27H48O7/c1-14(6-7-20(31)24(2,3)33)15-12-17(29)23-25(15,4)11-9-19-26(5)10-8-16(28)22(32)21(26)18(30)13-27(19,23)34/h14-23,28-34H,6-13H2,1-5H3/t14-,15-,16+,17-,18-,19-,20-,21+,22+,23-,25-,26-,27+/m1/s1. The number of aliphatic hydroxyl groups excluding tert-OH is 5. The molecule has 7 N–H and O–H groups in total. The van der Waals surface area contributed by atoms with Crippen molar-refractivity contribution in [2.24, 2.45) is 40.4 Å². The third-order valence-corrected chi connectivity index (χ3v) is 11.2. The first kappa shape index (κ1) is 26.8. The molecular formula is C27H48O7. The van der Waals surface area contributed by atoms with Gasteiger partial charge in [-0.1, -0.05) is 20.8 Å². The number of hydrogen-bond acceptors (Lipinski definition) is 7. The average Bonchev–Trinajstić information content (AvgIpc) is 2.99. The molecule has 0 aromatic rings. The highest BCUT2D eigenvalue weighted by atomic mass is 16.3. The molecule has 7 nitrogen and oxygen atoms in total. The summed E-state index contributed by atoms with van der Waals surface area (Å²) in [5.74, 6) is -0.656. The molecule has 0 aromatic carbocycles. The van der Waals surface area contributed by atoms with Gasteiger partial charge in [0.05, 0.1) is 41.7 Å². The van der Waals surface area contributed by atoms with E-state index in [9.17, 15) is 35.7 Å². The van der Waals surface area contributed by atoms with E-state index < -0.39 is 53.1 Å². The maximum absolute atomic E-state index is 12.3. The van der Waals surface area contributed by atoms with Crippen LogP contribution in [0.2, 0.25) is 0 Å². The predicted octanol–water partition coefficient (Wildman–Crippen LogP) is 1.58. The minimum atomic E-state index is -1.24. The fourth-order valence-electron chi connectivity index (χ4n) is 9.49. The van der Waals surface area contributed by atoms with Gasteiger partial charge in [0.25, 0.3) is 0 Å². The summed E-state index contributed by atoms with van der Waals surface area (Å²) in [4.78, 5) is 0. The average molecular weight is 485 g/mol. The van der Waals surface area contributed by atoms with Crippen LogP contribution in [0.25, 0.3) is 0 Å². The Morgan fingerprint density at radius 1 is 0.912 bits per heavy atom. The fraction of sp³-hybridized carbons (Fsp3) is 1.00. The van der Waals surface area contributed by atoms with Crippen LogP contribution in [0.4, 0.5) is 0 Å². The monoisotopic (exact) mass is 484 g/mol. The molecule has 4 rings (SSSR count). The van der Waals surface area contributed by atoms with Gasteiger partial charge in [0, 0.05) is 18.3 Å². The molecule has 0 aromatic heterocycles. The van der Waals surface area contributed by atoms with Crippen LogP contribution in [0.1, 0.15) is 86.0 Å².